The predicted molar refractivity (Wildman–Crippen MR) is 42.0 cm³/mol. The molecule has 72 valence electrons. The molecule has 0 bridgehead atoms. The number of carbonyl (C=O) groups excluding carboxylic acids is 1. The molecular formula is C8H11NO4. The molecule has 3 atom stereocenters. The van der Waals surface area contributed by atoms with Gasteiger partial charge in [0, 0.05) is 25.9 Å². The largest absolute Gasteiger partial charge is 0.481 e. The minimum Gasteiger partial charge on any atom is -0.481 e. The summed E-state index contributed by atoms with van der Waals surface area (Å²) < 4.78 is 4.93. The van der Waals surface area contributed by atoms with Crippen molar-refractivity contribution in [2.75, 3.05) is 13.1 Å². The minimum absolute atomic E-state index is 0.0334. The van der Waals surface area contributed by atoms with E-state index in [1.54, 1.807) is 0 Å². The summed E-state index contributed by atoms with van der Waals surface area (Å²) in [5.74, 6) is -1.30. The standard InChI is InChI=1S/C8H11NO4/c1-4(10)13-6-5-2-9-3-8(5,6)7(11)12/h5-6,9H,2-3H2,1H3,(H,11,12). The summed E-state index contributed by atoms with van der Waals surface area (Å²) in [5.41, 5.74) is -0.828. The van der Waals surface area contributed by atoms with Gasteiger partial charge in [-0.05, 0) is 0 Å². The summed E-state index contributed by atoms with van der Waals surface area (Å²) >= 11 is 0. The van der Waals surface area contributed by atoms with E-state index >= 15 is 0 Å². The molecule has 1 heterocycles. The second-order valence-electron chi connectivity index (χ2n) is 3.61. The van der Waals surface area contributed by atoms with Crippen molar-refractivity contribution in [2.24, 2.45) is 11.3 Å². The molecule has 0 aromatic rings. The maximum atomic E-state index is 10.9. The molecule has 0 radical (unpaired) electrons. The molecule has 2 N–H and O–H groups in total. The van der Waals surface area contributed by atoms with Gasteiger partial charge in [0.25, 0.3) is 0 Å². The van der Waals surface area contributed by atoms with Crippen molar-refractivity contribution < 1.29 is 19.4 Å². The first kappa shape index (κ1) is 8.50. The average Bonchev–Trinajstić information content (AvgIpc) is 2.48. The van der Waals surface area contributed by atoms with Crippen molar-refractivity contribution in [1.82, 2.24) is 5.32 Å². The van der Waals surface area contributed by atoms with Gasteiger partial charge >= 0.3 is 11.9 Å². The molecule has 3 unspecified atom stereocenters. The Morgan fingerprint density at radius 2 is 2.31 bits per heavy atom. The maximum absolute atomic E-state index is 10.9. The van der Waals surface area contributed by atoms with E-state index in [2.05, 4.69) is 5.32 Å². The summed E-state index contributed by atoms with van der Waals surface area (Å²) in [7, 11) is 0. The van der Waals surface area contributed by atoms with E-state index in [0.29, 0.717) is 13.1 Å². The second kappa shape index (κ2) is 2.45. The van der Waals surface area contributed by atoms with Crippen molar-refractivity contribution in [3.8, 4) is 0 Å². The number of fused-ring (bicyclic) bond motifs is 1. The Kier molecular flexibility index (Phi) is 1.60. The van der Waals surface area contributed by atoms with E-state index in [-0.39, 0.29) is 5.92 Å². The Morgan fingerprint density at radius 3 is 2.77 bits per heavy atom. The van der Waals surface area contributed by atoms with Gasteiger partial charge in [0.1, 0.15) is 11.5 Å². The molecule has 1 aliphatic heterocycles. The lowest BCUT2D eigenvalue weighted by Crippen LogP contribution is -2.30. The molecule has 1 saturated carbocycles. The number of hydrogen-bond donors (Lipinski definition) is 2. The third-order valence-corrected chi connectivity index (χ3v) is 2.90. The number of hydrogen-bond acceptors (Lipinski definition) is 4. The van der Waals surface area contributed by atoms with Gasteiger partial charge in [0.05, 0.1) is 0 Å². The zero-order valence-electron chi connectivity index (χ0n) is 7.24. The van der Waals surface area contributed by atoms with Crippen molar-refractivity contribution >= 4 is 11.9 Å². The lowest BCUT2D eigenvalue weighted by atomic mass is 10.1. The summed E-state index contributed by atoms with van der Waals surface area (Å²) in [6.45, 7) is 2.34. The van der Waals surface area contributed by atoms with Crippen LogP contribution in [0.4, 0.5) is 0 Å². The van der Waals surface area contributed by atoms with E-state index in [9.17, 15) is 9.59 Å². The van der Waals surface area contributed by atoms with Crippen LogP contribution in [0.2, 0.25) is 0 Å². The van der Waals surface area contributed by atoms with Crippen LogP contribution in [0.5, 0.6) is 0 Å². The highest BCUT2D eigenvalue weighted by Crippen LogP contribution is 2.57. The number of carbonyl (C=O) groups is 2. The van der Waals surface area contributed by atoms with Crippen LogP contribution in [0.1, 0.15) is 6.92 Å². The van der Waals surface area contributed by atoms with Gasteiger partial charge in [-0.15, -0.1) is 0 Å². The van der Waals surface area contributed by atoms with Crippen LogP contribution < -0.4 is 5.32 Å². The Balaban J connectivity index is 2.11. The molecule has 1 aliphatic carbocycles. The third-order valence-electron chi connectivity index (χ3n) is 2.90. The zero-order valence-corrected chi connectivity index (χ0v) is 7.24. The SMILES string of the molecule is CC(=O)OC1C2CNCC21C(=O)O. The second-order valence-corrected chi connectivity index (χ2v) is 3.61. The highest BCUT2D eigenvalue weighted by Gasteiger charge is 2.74. The molecule has 0 aromatic carbocycles. The number of ether oxygens (including phenoxy) is 1. The summed E-state index contributed by atoms with van der Waals surface area (Å²) in [5, 5.41) is 11.9. The lowest BCUT2D eigenvalue weighted by molar-refractivity contribution is -0.149. The maximum Gasteiger partial charge on any atom is 0.315 e. The first-order valence-corrected chi connectivity index (χ1v) is 4.20. The molecule has 5 nitrogen and oxygen atoms in total. The fourth-order valence-electron chi connectivity index (χ4n) is 2.16. The van der Waals surface area contributed by atoms with E-state index in [1.165, 1.54) is 6.92 Å². The number of aliphatic carboxylic acids is 1. The van der Waals surface area contributed by atoms with Crippen molar-refractivity contribution in [3.05, 3.63) is 0 Å². The smallest absolute Gasteiger partial charge is 0.315 e. The van der Waals surface area contributed by atoms with Crippen LogP contribution in [0.3, 0.4) is 0 Å². The fraction of sp³-hybridized carbons (Fsp3) is 0.750. The Labute approximate surface area is 75.1 Å². The Bertz CT molecular complexity index is 277. The lowest BCUT2D eigenvalue weighted by Gasteiger charge is -2.09. The Morgan fingerprint density at radius 1 is 1.62 bits per heavy atom. The third kappa shape index (κ3) is 0.966. The summed E-state index contributed by atoms with van der Waals surface area (Å²) in [6, 6.07) is 0. The molecule has 2 rings (SSSR count). The topological polar surface area (TPSA) is 75.6 Å². The average molecular weight is 185 g/mol. The first-order valence-electron chi connectivity index (χ1n) is 4.20. The van der Waals surface area contributed by atoms with Crippen LogP contribution in [0, 0.1) is 11.3 Å². The van der Waals surface area contributed by atoms with Gasteiger partial charge in [0.15, 0.2) is 0 Å². The van der Waals surface area contributed by atoms with Crippen molar-refractivity contribution in [3.63, 3.8) is 0 Å². The number of esters is 1. The van der Waals surface area contributed by atoms with Gasteiger partial charge in [-0.1, -0.05) is 0 Å². The van der Waals surface area contributed by atoms with Crippen molar-refractivity contribution in [1.29, 1.82) is 0 Å². The normalized spacial score (nSPS) is 41.0. The quantitative estimate of drug-likeness (QED) is 0.552. The Hall–Kier alpha value is -1.10. The van der Waals surface area contributed by atoms with E-state index in [1.807, 2.05) is 0 Å². The molecule has 0 amide bonds. The number of carboxylic acids is 1. The number of nitrogens with one attached hydrogen (secondary N) is 1. The first-order chi connectivity index (χ1) is 6.09. The summed E-state index contributed by atoms with van der Waals surface area (Å²) in [6.07, 6.45) is -0.413. The predicted octanol–water partition coefficient (Wildman–Crippen LogP) is -0.778. The van der Waals surface area contributed by atoms with Crippen LogP contribution in [-0.4, -0.2) is 36.2 Å². The summed E-state index contributed by atoms with van der Waals surface area (Å²) in [4.78, 5) is 21.6. The number of carboxylic acid groups (broad SMARTS) is 1. The van der Waals surface area contributed by atoms with Gasteiger partial charge in [-0.25, -0.2) is 0 Å². The zero-order chi connectivity index (χ0) is 9.64. The molecule has 0 spiro atoms. The molecular weight excluding hydrogens is 174 g/mol. The number of rotatable bonds is 2. The molecule has 2 aliphatic rings. The molecule has 13 heavy (non-hydrogen) atoms. The van der Waals surface area contributed by atoms with Crippen LogP contribution in [0.15, 0.2) is 0 Å². The monoisotopic (exact) mass is 185 g/mol. The van der Waals surface area contributed by atoms with Gasteiger partial charge in [-0.2, -0.15) is 0 Å². The van der Waals surface area contributed by atoms with Gasteiger partial charge in [-0.3, -0.25) is 9.59 Å². The molecule has 0 aromatic heterocycles. The van der Waals surface area contributed by atoms with Crippen molar-refractivity contribution in [2.45, 2.75) is 13.0 Å². The van der Waals surface area contributed by atoms with Gasteiger partial charge < -0.3 is 15.2 Å². The highest BCUT2D eigenvalue weighted by atomic mass is 16.6. The van der Waals surface area contributed by atoms with Crippen LogP contribution in [0.25, 0.3) is 0 Å². The highest BCUT2D eigenvalue weighted by molar-refractivity contribution is 5.82. The molecule has 1 saturated heterocycles. The molecule has 5 heteroatoms. The number of piperidine rings is 1. The fourth-order valence-corrected chi connectivity index (χ4v) is 2.16. The minimum atomic E-state index is -0.867. The van der Waals surface area contributed by atoms with E-state index in [0.717, 1.165) is 0 Å². The van der Waals surface area contributed by atoms with E-state index < -0.39 is 23.5 Å². The van der Waals surface area contributed by atoms with Crippen LogP contribution in [-0.2, 0) is 14.3 Å². The molecule has 2 fully saturated rings. The van der Waals surface area contributed by atoms with Gasteiger partial charge in [0.2, 0.25) is 0 Å². The van der Waals surface area contributed by atoms with Crippen LogP contribution >= 0.6 is 0 Å². The van der Waals surface area contributed by atoms with E-state index in [4.69, 9.17) is 9.84 Å².